The number of amides is 1. The third kappa shape index (κ3) is 3.15. The zero-order valence-corrected chi connectivity index (χ0v) is 12.2. The van der Waals surface area contributed by atoms with Gasteiger partial charge in [0, 0.05) is 18.0 Å². The number of aromatic nitrogens is 1. The molecule has 1 unspecified atom stereocenters. The van der Waals surface area contributed by atoms with Gasteiger partial charge in [0.15, 0.2) is 0 Å². The minimum Gasteiger partial charge on any atom is -0.352 e. The molecule has 1 aromatic heterocycles. The molecule has 1 amide bonds. The lowest BCUT2D eigenvalue weighted by molar-refractivity contribution is -0.125. The molecule has 0 aromatic carbocycles. The smallest absolute Gasteiger partial charge is 0.237 e. The van der Waals surface area contributed by atoms with Crippen LogP contribution in [-0.2, 0) is 17.8 Å². The second kappa shape index (κ2) is 5.59. The molecule has 1 aliphatic heterocycles. The van der Waals surface area contributed by atoms with E-state index in [4.69, 9.17) is 0 Å². The maximum atomic E-state index is 12.2. The highest BCUT2D eigenvalue weighted by Crippen LogP contribution is 2.24. The summed E-state index contributed by atoms with van der Waals surface area (Å²) in [5, 5.41) is 6.45. The predicted molar refractivity (Wildman–Crippen MR) is 76.1 cm³/mol. The number of rotatable bonds is 5. The summed E-state index contributed by atoms with van der Waals surface area (Å²) in [6, 6.07) is 0.522. The van der Waals surface area contributed by atoms with Gasteiger partial charge in [0.05, 0.1) is 16.7 Å². The second-order valence-electron chi connectivity index (χ2n) is 5.50. The number of hydrogen-bond donors (Lipinski definition) is 1. The van der Waals surface area contributed by atoms with Crippen LogP contribution in [0.2, 0.25) is 0 Å². The average Bonchev–Trinajstić information content (AvgIpc) is 2.94. The van der Waals surface area contributed by atoms with Gasteiger partial charge in [0.2, 0.25) is 5.91 Å². The summed E-state index contributed by atoms with van der Waals surface area (Å²) in [6.07, 6.45) is 5.42. The highest BCUT2D eigenvalue weighted by atomic mass is 32.1. The van der Waals surface area contributed by atoms with Crippen molar-refractivity contribution in [3.05, 3.63) is 16.1 Å². The number of aryl methyl sites for hydroxylation is 1. The van der Waals surface area contributed by atoms with Crippen LogP contribution in [0.5, 0.6) is 0 Å². The van der Waals surface area contributed by atoms with Crippen molar-refractivity contribution in [3.63, 3.8) is 0 Å². The fourth-order valence-electron chi connectivity index (χ4n) is 2.63. The molecule has 2 aliphatic rings. The normalized spacial score (nSPS) is 23.7. The van der Waals surface area contributed by atoms with E-state index in [9.17, 15) is 4.79 Å². The molecular weight excluding hydrogens is 258 g/mol. The summed E-state index contributed by atoms with van der Waals surface area (Å²) in [4.78, 5) is 19.1. The number of carbonyl (C=O) groups excluding carboxylic acids is 1. The number of thiazole rings is 1. The molecule has 1 aromatic rings. The number of nitrogens with one attached hydrogen (secondary N) is 1. The average molecular weight is 279 g/mol. The summed E-state index contributed by atoms with van der Waals surface area (Å²) >= 11 is 1.72. The van der Waals surface area contributed by atoms with E-state index in [1.165, 1.54) is 5.01 Å². The van der Waals surface area contributed by atoms with Gasteiger partial charge in [0.25, 0.3) is 0 Å². The molecular formula is C14H21N3OS. The van der Waals surface area contributed by atoms with Crippen LogP contribution in [0.25, 0.3) is 0 Å². The Bertz CT molecular complexity index is 455. The molecule has 19 heavy (non-hydrogen) atoms. The van der Waals surface area contributed by atoms with Gasteiger partial charge in [-0.3, -0.25) is 9.69 Å². The lowest BCUT2D eigenvalue weighted by atomic mass is 10.2. The van der Waals surface area contributed by atoms with E-state index in [1.807, 2.05) is 0 Å². The van der Waals surface area contributed by atoms with E-state index in [-0.39, 0.29) is 11.9 Å². The summed E-state index contributed by atoms with van der Waals surface area (Å²) < 4.78 is 0. The van der Waals surface area contributed by atoms with Crippen molar-refractivity contribution in [2.24, 2.45) is 0 Å². The van der Waals surface area contributed by atoms with E-state index >= 15 is 0 Å². The van der Waals surface area contributed by atoms with Gasteiger partial charge < -0.3 is 5.32 Å². The second-order valence-corrected chi connectivity index (χ2v) is 6.44. The van der Waals surface area contributed by atoms with E-state index in [0.29, 0.717) is 6.04 Å². The molecule has 0 spiro atoms. The summed E-state index contributed by atoms with van der Waals surface area (Å²) in [5.74, 6) is 0.228. The van der Waals surface area contributed by atoms with Gasteiger partial charge in [-0.15, -0.1) is 11.3 Å². The number of hydrogen-bond acceptors (Lipinski definition) is 4. The monoisotopic (exact) mass is 279 g/mol. The molecule has 0 bridgehead atoms. The van der Waals surface area contributed by atoms with Crippen molar-refractivity contribution in [2.75, 3.05) is 6.54 Å². The SMILES string of the molecule is CCc1nc(CN2CCCC2C(=O)NC2CC2)cs1. The molecule has 1 atom stereocenters. The van der Waals surface area contributed by atoms with Crippen LogP contribution in [0, 0.1) is 0 Å². The first-order valence-corrected chi connectivity index (χ1v) is 8.12. The first-order chi connectivity index (χ1) is 9.26. The Hall–Kier alpha value is -0.940. The van der Waals surface area contributed by atoms with Crippen molar-refractivity contribution in [2.45, 2.75) is 57.7 Å². The molecule has 4 nitrogen and oxygen atoms in total. The first kappa shape index (κ1) is 13.1. The van der Waals surface area contributed by atoms with Crippen LogP contribution in [0.4, 0.5) is 0 Å². The summed E-state index contributed by atoms with van der Waals surface area (Å²) in [6.45, 7) is 3.96. The number of nitrogens with zero attached hydrogens (tertiary/aromatic N) is 2. The van der Waals surface area contributed by atoms with Gasteiger partial charge in [0.1, 0.15) is 0 Å². The quantitative estimate of drug-likeness (QED) is 0.896. The van der Waals surface area contributed by atoms with Gasteiger partial charge in [-0.2, -0.15) is 0 Å². The largest absolute Gasteiger partial charge is 0.352 e. The predicted octanol–water partition coefficient (Wildman–Crippen LogP) is 1.95. The van der Waals surface area contributed by atoms with E-state index < -0.39 is 0 Å². The van der Waals surface area contributed by atoms with Gasteiger partial charge in [-0.1, -0.05) is 6.92 Å². The first-order valence-electron chi connectivity index (χ1n) is 7.24. The third-order valence-corrected chi connectivity index (χ3v) is 4.90. The molecule has 1 N–H and O–H groups in total. The van der Waals surface area contributed by atoms with Crippen molar-refractivity contribution < 1.29 is 4.79 Å². The third-order valence-electron chi connectivity index (χ3n) is 3.86. The van der Waals surface area contributed by atoms with Crippen LogP contribution >= 0.6 is 11.3 Å². The molecule has 2 heterocycles. The highest BCUT2D eigenvalue weighted by Gasteiger charge is 2.34. The number of carbonyl (C=O) groups is 1. The summed E-state index contributed by atoms with van der Waals surface area (Å²) in [7, 11) is 0. The minimum absolute atomic E-state index is 0.0624. The van der Waals surface area contributed by atoms with Crippen LogP contribution in [0.3, 0.4) is 0 Å². The van der Waals surface area contributed by atoms with Crippen molar-refractivity contribution in [3.8, 4) is 0 Å². The van der Waals surface area contributed by atoms with Crippen LogP contribution in [0.1, 0.15) is 43.3 Å². The van der Waals surface area contributed by atoms with Gasteiger partial charge in [-0.05, 0) is 38.6 Å². The van der Waals surface area contributed by atoms with Crippen LogP contribution in [-0.4, -0.2) is 34.4 Å². The van der Waals surface area contributed by atoms with Crippen molar-refractivity contribution in [1.82, 2.24) is 15.2 Å². The summed E-state index contributed by atoms with van der Waals surface area (Å²) in [5.41, 5.74) is 1.12. The molecule has 0 radical (unpaired) electrons. The van der Waals surface area contributed by atoms with Gasteiger partial charge in [-0.25, -0.2) is 4.98 Å². The molecule has 1 saturated carbocycles. The lowest BCUT2D eigenvalue weighted by Crippen LogP contribution is -2.43. The molecule has 3 rings (SSSR count). The Balaban J connectivity index is 1.60. The lowest BCUT2D eigenvalue weighted by Gasteiger charge is -2.22. The topological polar surface area (TPSA) is 45.2 Å². The van der Waals surface area contributed by atoms with Crippen molar-refractivity contribution >= 4 is 17.2 Å². The van der Waals surface area contributed by atoms with E-state index in [2.05, 4.69) is 27.5 Å². The minimum atomic E-state index is 0.0624. The van der Waals surface area contributed by atoms with Gasteiger partial charge >= 0.3 is 0 Å². The molecule has 104 valence electrons. The zero-order valence-electron chi connectivity index (χ0n) is 11.4. The fraction of sp³-hybridized carbons (Fsp3) is 0.714. The molecule has 5 heteroatoms. The Morgan fingerprint density at radius 1 is 1.53 bits per heavy atom. The maximum absolute atomic E-state index is 12.2. The fourth-order valence-corrected chi connectivity index (χ4v) is 3.37. The Labute approximate surface area is 118 Å². The Kier molecular flexibility index (Phi) is 3.84. The molecule has 2 fully saturated rings. The number of likely N-dealkylation sites (tertiary alicyclic amines) is 1. The van der Waals surface area contributed by atoms with E-state index in [1.54, 1.807) is 11.3 Å². The standard InChI is InChI=1S/C14H21N3OS/c1-2-13-15-11(9-19-13)8-17-7-3-4-12(17)14(18)16-10-5-6-10/h9-10,12H,2-8H2,1H3,(H,16,18). The maximum Gasteiger partial charge on any atom is 0.237 e. The van der Waals surface area contributed by atoms with Crippen LogP contribution < -0.4 is 5.32 Å². The Morgan fingerprint density at radius 3 is 3.05 bits per heavy atom. The van der Waals surface area contributed by atoms with Crippen LogP contribution in [0.15, 0.2) is 5.38 Å². The Morgan fingerprint density at radius 2 is 2.37 bits per heavy atom. The molecule has 1 aliphatic carbocycles. The zero-order chi connectivity index (χ0) is 13.2. The highest BCUT2D eigenvalue weighted by molar-refractivity contribution is 7.09. The van der Waals surface area contributed by atoms with E-state index in [0.717, 1.165) is 50.9 Å². The van der Waals surface area contributed by atoms with Crippen molar-refractivity contribution in [1.29, 1.82) is 0 Å². The molecule has 1 saturated heterocycles.